The monoisotopic (exact) mass is 416 g/mol. The molecule has 0 aliphatic carbocycles. The zero-order chi connectivity index (χ0) is 15.1. The number of aliphatic imine (C=N–C) groups is 1. The first-order chi connectivity index (χ1) is 10.2. The summed E-state index contributed by atoms with van der Waals surface area (Å²) in [5.41, 5.74) is 8.04. The Balaban J connectivity index is 0.00000242. The third-order valence-corrected chi connectivity index (χ3v) is 3.57. The van der Waals surface area contributed by atoms with Gasteiger partial charge in [-0.3, -0.25) is 9.79 Å². The molecule has 0 saturated carbocycles. The number of benzene rings is 1. The van der Waals surface area contributed by atoms with E-state index in [9.17, 15) is 4.79 Å². The van der Waals surface area contributed by atoms with Crippen molar-refractivity contribution in [1.82, 2.24) is 5.32 Å². The molecule has 1 aromatic rings. The first kappa shape index (κ1) is 18.7. The number of carbonyl (C=O) groups is 1. The molecule has 0 atom stereocenters. The third kappa shape index (κ3) is 5.15. The number of amides is 1. The fraction of sp³-hybridized carbons (Fsp3) is 0.500. The van der Waals surface area contributed by atoms with E-state index in [1.54, 1.807) is 0 Å². The second kappa shape index (κ2) is 9.66. The van der Waals surface area contributed by atoms with Crippen LogP contribution in [-0.2, 0) is 11.2 Å². The molecule has 1 heterocycles. The molecule has 3 N–H and O–H groups in total. The average Bonchev–Trinajstić information content (AvgIpc) is 2.93. The van der Waals surface area contributed by atoms with E-state index in [1.807, 2.05) is 23.1 Å². The number of nitrogens with two attached hydrogens (primary N) is 1. The lowest BCUT2D eigenvalue weighted by Gasteiger charge is -2.17. The second-order valence-electron chi connectivity index (χ2n) is 5.22. The number of guanidine groups is 1. The number of carbonyl (C=O) groups excluding carboxylic acids is 1. The van der Waals surface area contributed by atoms with Crippen LogP contribution in [0.25, 0.3) is 0 Å². The highest BCUT2D eigenvalue weighted by Crippen LogP contribution is 2.27. The van der Waals surface area contributed by atoms with Crippen molar-refractivity contribution in [2.24, 2.45) is 10.7 Å². The van der Waals surface area contributed by atoms with E-state index < -0.39 is 0 Å². The Morgan fingerprint density at radius 1 is 1.41 bits per heavy atom. The molecule has 5 nitrogen and oxygen atoms in total. The summed E-state index contributed by atoms with van der Waals surface area (Å²) >= 11 is 0. The number of nitrogens with zero attached hydrogens (tertiary/aromatic N) is 2. The molecule has 0 bridgehead atoms. The van der Waals surface area contributed by atoms with Crippen molar-refractivity contribution in [3.05, 3.63) is 29.8 Å². The fourth-order valence-corrected chi connectivity index (χ4v) is 2.48. The Hall–Kier alpha value is -1.31. The largest absolute Gasteiger partial charge is 0.370 e. The van der Waals surface area contributed by atoms with Crippen LogP contribution in [0.3, 0.4) is 0 Å². The van der Waals surface area contributed by atoms with Crippen molar-refractivity contribution < 1.29 is 4.79 Å². The molecule has 122 valence electrons. The van der Waals surface area contributed by atoms with Crippen LogP contribution in [0.1, 0.15) is 31.7 Å². The number of nitrogens with one attached hydrogen (secondary N) is 1. The summed E-state index contributed by atoms with van der Waals surface area (Å²) in [7, 11) is 0. The van der Waals surface area contributed by atoms with E-state index >= 15 is 0 Å². The van der Waals surface area contributed by atoms with Gasteiger partial charge in [-0.25, -0.2) is 0 Å². The smallest absolute Gasteiger partial charge is 0.227 e. The summed E-state index contributed by atoms with van der Waals surface area (Å²) < 4.78 is 0. The molecule has 1 aromatic carbocycles. The zero-order valence-electron chi connectivity index (χ0n) is 13.0. The molecular formula is C16H25IN4O. The van der Waals surface area contributed by atoms with Gasteiger partial charge in [0.05, 0.1) is 0 Å². The topological polar surface area (TPSA) is 70.7 Å². The van der Waals surface area contributed by atoms with E-state index in [0.29, 0.717) is 18.9 Å². The third-order valence-electron chi connectivity index (χ3n) is 3.57. The van der Waals surface area contributed by atoms with Crippen molar-refractivity contribution in [3.8, 4) is 0 Å². The van der Waals surface area contributed by atoms with Crippen molar-refractivity contribution in [3.63, 3.8) is 0 Å². The van der Waals surface area contributed by atoms with E-state index in [2.05, 4.69) is 23.3 Å². The van der Waals surface area contributed by atoms with Crippen LogP contribution in [0.15, 0.2) is 29.3 Å². The highest BCUT2D eigenvalue weighted by Gasteiger charge is 2.23. The Kier molecular flexibility index (Phi) is 8.22. The second-order valence-corrected chi connectivity index (χ2v) is 5.22. The van der Waals surface area contributed by atoms with Crippen LogP contribution < -0.4 is 16.0 Å². The SMILES string of the molecule is CCCN=C(N)NCCCC(=O)N1CCc2ccccc21.I. The van der Waals surface area contributed by atoms with Crippen LogP contribution in [0.4, 0.5) is 5.69 Å². The lowest BCUT2D eigenvalue weighted by molar-refractivity contribution is -0.118. The molecule has 0 aromatic heterocycles. The van der Waals surface area contributed by atoms with Crippen LogP contribution in [0, 0.1) is 0 Å². The highest BCUT2D eigenvalue weighted by atomic mass is 127. The maximum Gasteiger partial charge on any atom is 0.227 e. The summed E-state index contributed by atoms with van der Waals surface area (Å²) in [5.74, 6) is 0.654. The first-order valence-corrected chi connectivity index (χ1v) is 7.64. The predicted octanol–water partition coefficient (Wildman–Crippen LogP) is 2.29. The number of hydrogen-bond donors (Lipinski definition) is 2. The van der Waals surface area contributed by atoms with Gasteiger partial charge >= 0.3 is 0 Å². The Morgan fingerprint density at radius 3 is 2.95 bits per heavy atom. The minimum absolute atomic E-state index is 0. The molecular weight excluding hydrogens is 391 g/mol. The number of fused-ring (bicyclic) bond motifs is 1. The minimum atomic E-state index is 0. The van der Waals surface area contributed by atoms with Gasteiger partial charge in [0, 0.05) is 31.7 Å². The molecule has 0 spiro atoms. The number of anilines is 1. The quantitative estimate of drug-likeness (QED) is 0.324. The zero-order valence-corrected chi connectivity index (χ0v) is 15.4. The molecule has 1 aliphatic heterocycles. The lowest BCUT2D eigenvalue weighted by atomic mass is 10.2. The number of rotatable bonds is 6. The number of halogens is 1. The molecule has 0 radical (unpaired) electrons. The van der Waals surface area contributed by atoms with Gasteiger partial charge in [0.2, 0.25) is 5.91 Å². The molecule has 0 saturated heterocycles. The van der Waals surface area contributed by atoms with Gasteiger partial charge < -0.3 is 16.0 Å². The van der Waals surface area contributed by atoms with Crippen molar-refractivity contribution in [2.75, 3.05) is 24.5 Å². The van der Waals surface area contributed by atoms with Gasteiger partial charge in [0.25, 0.3) is 0 Å². The normalized spacial score (nSPS) is 13.5. The van der Waals surface area contributed by atoms with E-state index in [4.69, 9.17) is 5.73 Å². The molecule has 2 rings (SSSR count). The van der Waals surface area contributed by atoms with E-state index in [1.165, 1.54) is 5.56 Å². The van der Waals surface area contributed by atoms with Crippen LogP contribution in [-0.4, -0.2) is 31.5 Å². The van der Waals surface area contributed by atoms with Gasteiger partial charge in [-0.2, -0.15) is 0 Å². The summed E-state index contributed by atoms with van der Waals surface area (Å²) in [6.45, 7) is 4.28. The van der Waals surface area contributed by atoms with Crippen LogP contribution in [0.2, 0.25) is 0 Å². The lowest BCUT2D eigenvalue weighted by Crippen LogP contribution is -2.34. The fourth-order valence-electron chi connectivity index (χ4n) is 2.48. The minimum Gasteiger partial charge on any atom is -0.370 e. The number of para-hydroxylation sites is 1. The van der Waals surface area contributed by atoms with E-state index in [-0.39, 0.29) is 29.9 Å². The Morgan fingerprint density at radius 2 is 2.18 bits per heavy atom. The maximum absolute atomic E-state index is 12.3. The van der Waals surface area contributed by atoms with Gasteiger partial charge in [0.1, 0.15) is 0 Å². The van der Waals surface area contributed by atoms with Crippen molar-refractivity contribution in [2.45, 2.75) is 32.6 Å². The Bertz CT molecular complexity index is 519. The molecule has 6 heteroatoms. The predicted molar refractivity (Wildman–Crippen MR) is 102 cm³/mol. The molecule has 1 aliphatic rings. The molecule has 22 heavy (non-hydrogen) atoms. The Labute approximate surface area is 149 Å². The molecule has 0 fully saturated rings. The summed E-state index contributed by atoms with van der Waals surface area (Å²) in [4.78, 5) is 18.3. The van der Waals surface area contributed by atoms with Gasteiger partial charge in [0.15, 0.2) is 5.96 Å². The standard InChI is InChI=1S/C16H24N4O.HI/c1-2-10-18-16(17)19-11-5-8-15(21)20-12-9-13-6-3-4-7-14(13)20;/h3-4,6-7H,2,5,8-12H2,1H3,(H3,17,18,19);1H. The maximum atomic E-state index is 12.3. The molecule has 0 unspecified atom stereocenters. The summed E-state index contributed by atoms with van der Waals surface area (Å²) in [6, 6.07) is 8.12. The summed E-state index contributed by atoms with van der Waals surface area (Å²) in [6.07, 6.45) is 3.23. The van der Waals surface area contributed by atoms with Crippen LogP contribution in [0.5, 0.6) is 0 Å². The van der Waals surface area contributed by atoms with Gasteiger partial charge in [-0.1, -0.05) is 25.1 Å². The van der Waals surface area contributed by atoms with Crippen molar-refractivity contribution >= 4 is 41.5 Å². The number of hydrogen-bond acceptors (Lipinski definition) is 2. The van der Waals surface area contributed by atoms with Crippen LogP contribution >= 0.6 is 24.0 Å². The summed E-state index contributed by atoms with van der Waals surface area (Å²) in [5, 5.41) is 3.04. The van der Waals surface area contributed by atoms with Crippen molar-refractivity contribution in [1.29, 1.82) is 0 Å². The first-order valence-electron chi connectivity index (χ1n) is 7.64. The van der Waals surface area contributed by atoms with E-state index in [0.717, 1.165) is 38.0 Å². The highest BCUT2D eigenvalue weighted by molar-refractivity contribution is 14.0. The van der Waals surface area contributed by atoms with Gasteiger partial charge in [-0.05, 0) is 30.9 Å². The average molecular weight is 416 g/mol. The molecule has 1 amide bonds. The van der Waals surface area contributed by atoms with Gasteiger partial charge in [-0.15, -0.1) is 24.0 Å².